The maximum Gasteiger partial charge on any atom is 0.268 e. The highest BCUT2D eigenvalue weighted by molar-refractivity contribution is 7.90. The van der Waals surface area contributed by atoms with E-state index in [2.05, 4.69) is 5.32 Å². The first-order valence-corrected chi connectivity index (χ1v) is 11.1. The SMILES string of the molecule is Cc1cn(S(=O)(=O)c2ccc3oc4c(c3c2)C2CCC(C4)N2)c2ccccc12.Cl. The van der Waals surface area contributed by atoms with Crippen LogP contribution in [0, 0.1) is 6.92 Å². The van der Waals surface area contributed by atoms with Gasteiger partial charge in [0.1, 0.15) is 11.3 Å². The number of nitrogens with zero attached hydrogens (tertiary/aromatic N) is 1. The Morgan fingerprint density at radius 2 is 1.93 bits per heavy atom. The van der Waals surface area contributed by atoms with E-state index in [9.17, 15) is 8.42 Å². The smallest absolute Gasteiger partial charge is 0.268 e. The Bertz CT molecular complexity index is 1370. The normalized spacial score (nSPS) is 20.7. The fourth-order valence-corrected chi connectivity index (χ4v) is 6.35. The van der Waals surface area contributed by atoms with Crippen molar-refractivity contribution in [3.63, 3.8) is 0 Å². The van der Waals surface area contributed by atoms with E-state index in [0.29, 0.717) is 16.5 Å². The highest BCUT2D eigenvalue weighted by Crippen LogP contribution is 2.42. The molecule has 2 bridgehead atoms. The van der Waals surface area contributed by atoms with Gasteiger partial charge < -0.3 is 9.73 Å². The molecule has 2 aromatic heterocycles. The highest BCUT2D eigenvalue weighted by atomic mass is 35.5. The number of fused-ring (bicyclic) bond motifs is 7. The van der Waals surface area contributed by atoms with Crippen molar-refractivity contribution in [3.8, 4) is 0 Å². The van der Waals surface area contributed by atoms with Crippen LogP contribution in [-0.2, 0) is 16.4 Å². The zero-order valence-electron chi connectivity index (χ0n) is 15.9. The van der Waals surface area contributed by atoms with Gasteiger partial charge in [-0.25, -0.2) is 12.4 Å². The summed E-state index contributed by atoms with van der Waals surface area (Å²) in [6, 6.07) is 13.6. The first-order chi connectivity index (χ1) is 13.5. The van der Waals surface area contributed by atoms with E-state index < -0.39 is 10.0 Å². The van der Waals surface area contributed by atoms with Gasteiger partial charge in [-0.15, -0.1) is 12.4 Å². The van der Waals surface area contributed by atoms with E-state index >= 15 is 0 Å². The van der Waals surface area contributed by atoms with Gasteiger partial charge in [0.25, 0.3) is 10.0 Å². The molecule has 2 aliphatic rings. The van der Waals surface area contributed by atoms with Crippen molar-refractivity contribution in [2.45, 2.75) is 43.2 Å². The number of nitrogens with one attached hydrogen (secondary N) is 1. The van der Waals surface area contributed by atoms with Gasteiger partial charge in [-0.3, -0.25) is 0 Å². The lowest BCUT2D eigenvalue weighted by molar-refractivity contribution is 0.441. The minimum absolute atomic E-state index is 0. The van der Waals surface area contributed by atoms with Crippen LogP contribution in [0.4, 0.5) is 0 Å². The first kappa shape index (κ1) is 18.7. The van der Waals surface area contributed by atoms with Crippen LogP contribution in [0.5, 0.6) is 0 Å². The zero-order chi connectivity index (χ0) is 19.0. The predicted octanol–water partition coefficient (Wildman–Crippen LogP) is 4.70. The molecule has 1 fully saturated rings. The number of hydrogen-bond acceptors (Lipinski definition) is 4. The van der Waals surface area contributed by atoms with Gasteiger partial charge in [-0.1, -0.05) is 18.2 Å². The molecule has 2 aliphatic heterocycles. The molecule has 0 spiro atoms. The third kappa shape index (κ3) is 2.59. The van der Waals surface area contributed by atoms with E-state index in [4.69, 9.17) is 4.42 Å². The maximum atomic E-state index is 13.5. The van der Waals surface area contributed by atoms with Crippen LogP contribution in [0.15, 0.2) is 58.0 Å². The van der Waals surface area contributed by atoms with Crippen molar-refractivity contribution in [3.05, 3.63) is 65.5 Å². The van der Waals surface area contributed by atoms with Crippen molar-refractivity contribution >= 4 is 44.3 Å². The van der Waals surface area contributed by atoms with Crippen LogP contribution in [0.25, 0.3) is 21.9 Å². The monoisotopic (exact) mass is 428 g/mol. The fraction of sp³-hybridized carbons (Fsp3) is 0.273. The third-order valence-corrected chi connectivity index (χ3v) is 7.90. The number of aromatic nitrogens is 1. The van der Waals surface area contributed by atoms with Crippen molar-refractivity contribution in [1.29, 1.82) is 0 Å². The molecule has 2 atom stereocenters. The van der Waals surface area contributed by atoms with E-state index in [0.717, 1.165) is 52.5 Å². The number of para-hydroxylation sites is 1. The lowest BCUT2D eigenvalue weighted by Gasteiger charge is -2.20. The Labute approximate surface area is 175 Å². The molecule has 4 heterocycles. The Hall–Kier alpha value is -2.28. The van der Waals surface area contributed by atoms with Gasteiger partial charge in [-0.2, -0.15) is 0 Å². The molecule has 0 amide bonds. The summed E-state index contributed by atoms with van der Waals surface area (Å²) in [4.78, 5) is 0.296. The average Bonchev–Trinajstić information content (AvgIpc) is 3.36. The summed E-state index contributed by atoms with van der Waals surface area (Å²) in [5, 5.41) is 5.50. The number of furan rings is 1. The number of halogens is 1. The van der Waals surface area contributed by atoms with Crippen molar-refractivity contribution < 1.29 is 12.8 Å². The molecule has 0 radical (unpaired) electrons. The molecule has 6 rings (SSSR count). The molecule has 150 valence electrons. The zero-order valence-corrected chi connectivity index (χ0v) is 17.5. The average molecular weight is 429 g/mol. The molecule has 7 heteroatoms. The highest BCUT2D eigenvalue weighted by Gasteiger charge is 2.36. The molecule has 0 aliphatic carbocycles. The second-order valence-electron chi connectivity index (χ2n) is 7.92. The first-order valence-electron chi connectivity index (χ1n) is 9.66. The quantitative estimate of drug-likeness (QED) is 0.502. The van der Waals surface area contributed by atoms with Gasteiger partial charge in [0, 0.05) is 41.0 Å². The van der Waals surface area contributed by atoms with E-state index in [1.165, 1.54) is 3.97 Å². The van der Waals surface area contributed by atoms with Crippen LogP contribution in [-0.4, -0.2) is 18.4 Å². The Balaban J connectivity index is 0.00000181. The molecule has 2 aromatic carbocycles. The fourth-order valence-electron chi connectivity index (χ4n) is 4.90. The Morgan fingerprint density at radius 3 is 2.79 bits per heavy atom. The van der Waals surface area contributed by atoms with Crippen LogP contribution in [0.2, 0.25) is 0 Å². The summed E-state index contributed by atoms with van der Waals surface area (Å²) >= 11 is 0. The minimum Gasteiger partial charge on any atom is -0.461 e. The van der Waals surface area contributed by atoms with Crippen molar-refractivity contribution in [2.75, 3.05) is 0 Å². The summed E-state index contributed by atoms with van der Waals surface area (Å²) in [7, 11) is -3.70. The molecule has 4 aromatic rings. The number of hydrogen-bond donors (Lipinski definition) is 1. The molecule has 1 N–H and O–H groups in total. The molecule has 0 saturated carbocycles. The summed E-state index contributed by atoms with van der Waals surface area (Å²) in [6.45, 7) is 1.94. The van der Waals surface area contributed by atoms with Gasteiger partial charge in [0.15, 0.2) is 0 Å². The number of benzene rings is 2. The standard InChI is InChI=1S/C22H20N2O3S.ClH/c1-13-12-24(19-5-3-2-4-16(13)19)28(25,26)15-7-9-20-17(11-15)22-18-8-6-14(23-18)10-21(22)27-20;/h2-5,7,9,11-12,14,18,23H,6,8,10H2,1H3;1H. The van der Waals surface area contributed by atoms with Gasteiger partial charge in [0.05, 0.1) is 10.4 Å². The summed E-state index contributed by atoms with van der Waals surface area (Å²) in [6.07, 6.45) is 4.80. The van der Waals surface area contributed by atoms with Crippen LogP contribution < -0.4 is 5.32 Å². The van der Waals surface area contributed by atoms with E-state index in [1.54, 1.807) is 24.4 Å². The number of rotatable bonds is 2. The molecule has 1 saturated heterocycles. The second-order valence-corrected chi connectivity index (χ2v) is 9.74. The Morgan fingerprint density at radius 1 is 1.10 bits per heavy atom. The molecule has 5 nitrogen and oxygen atoms in total. The van der Waals surface area contributed by atoms with Crippen molar-refractivity contribution in [2.24, 2.45) is 0 Å². The minimum atomic E-state index is -3.70. The molecule has 2 unspecified atom stereocenters. The lowest BCUT2D eigenvalue weighted by atomic mass is 9.99. The van der Waals surface area contributed by atoms with E-state index in [1.807, 2.05) is 31.2 Å². The maximum absolute atomic E-state index is 13.5. The van der Waals surface area contributed by atoms with Crippen molar-refractivity contribution in [1.82, 2.24) is 9.29 Å². The third-order valence-electron chi connectivity index (χ3n) is 6.23. The van der Waals surface area contributed by atoms with Gasteiger partial charge in [-0.05, 0) is 49.6 Å². The Kier molecular flexibility index (Phi) is 4.11. The van der Waals surface area contributed by atoms with Crippen LogP contribution >= 0.6 is 12.4 Å². The summed E-state index contributed by atoms with van der Waals surface area (Å²) in [5.74, 6) is 1.01. The predicted molar refractivity (Wildman–Crippen MR) is 115 cm³/mol. The van der Waals surface area contributed by atoms with Crippen LogP contribution in [0.3, 0.4) is 0 Å². The molecular formula is C22H21ClN2O3S. The lowest BCUT2D eigenvalue weighted by Crippen LogP contribution is -2.30. The van der Waals surface area contributed by atoms with E-state index in [-0.39, 0.29) is 18.4 Å². The molecular weight excluding hydrogens is 408 g/mol. The topological polar surface area (TPSA) is 64.2 Å². The largest absolute Gasteiger partial charge is 0.461 e. The summed E-state index contributed by atoms with van der Waals surface area (Å²) in [5.41, 5.74) is 3.57. The van der Waals surface area contributed by atoms with Gasteiger partial charge in [0.2, 0.25) is 0 Å². The number of aryl methyl sites for hydroxylation is 1. The summed E-state index contributed by atoms with van der Waals surface area (Å²) < 4.78 is 34.4. The molecule has 29 heavy (non-hydrogen) atoms. The van der Waals surface area contributed by atoms with Crippen LogP contribution in [0.1, 0.15) is 35.8 Å². The second kappa shape index (κ2) is 6.36. The van der Waals surface area contributed by atoms with Gasteiger partial charge >= 0.3 is 0 Å².